The molecule has 0 saturated heterocycles. The SMILES string of the molecule is Cc1nn(C)c(C(CN)CC(=O)O)c1Cl. The van der Waals surface area contributed by atoms with E-state index in [1.54, 1.807) is 18.7 Å². The molecule has 0 aliphatic carbocycles. The van der Waals surface area contributed by atoms with Crippen molar-refractivity contribution >= 4 is 17.6 Å². The van der Waals surface area contributed by atoms with Crippen LogP contribution in [0, 0.1) is 6.92 Å². The number of aryl methyl sites for hydroxylation is 2. The number of nitrogens with zero attached hydrogens (tertiary/aromatic N) is 2. The first-order chi connectivity index (χ1) is 6.97. The van der Waals surface area contributed by atoms with E-state index in [0.29, 0.717) is 16.4 Å². The standard InChI is InChI=1S/C9H14ClN3O2/c1-5-8(10)9(13(2)12-5)6(4-11)3-7(14)15/h6H,3-4,11H2,1-2H3,(H,14,15). The van der Waals surface area contributed by atoms with Crippen molar-refractivity contribution in [2.45, 2.75) is 19.3 Å². The van der Waals surface area contributed by atoms with Crippen LogP contribution in [0.15, 0.2) is 0 Å². The summed E-state index contributed by atoms with van der Waals surface area (Å²) in [4.78, 5) is 10.6. The van der Waals surface area contributed by atoms with Crippen LogP contribution in [0.2, 0.25) is 5.02 Å². The summed E-state index contributed by atoms with van der Waals surface area (Å²) in [6.45, 7) is 2.02. The molecule has 5 nitrogen and oxygen atoms in total. The Balaban J connectivity index is 3.06. The highest BCUT2D eigenvalue weighted by atomic mass is 35.5. The van der Waals surface area contributed by atoms with Crippen molar-refractivity contribution in [2.24, 2.45) is 12.8 Å². The Morgan fingerprint density at radius 1 is 1.73 bits per heavy atom. The maximum Gasteiger partial charge on any atom is 0.304 e. The van der Waals surface area contributed by atoms with E-state index in [9.17, 15) is 4.79 Å². The molecule has 6 heteroatoms. The minimum atomic E-state index is -0.889. The fourth-order valence-electron chi connectivity index (χ4n) is 1.60. The van der Waals surface area contributed by atoms with Crippen LogP contribution in [0.4, 0.5) is 0 Å². The molecule has 1 rings (SSSR count). The average Bonchev–Trinajstić information content (AvgIpc) is 2.38. The maximum atomic E-state index is 10.6. The van der Waals surface area contributed by atoms with Crippen molar-refractivity contribution in [3.05, 3.63) is 16.4 Å². The number of hydrogen-bond acceptors (Lipinski definition) is 3. The molecule has 1 aromatic heterocycles. The summed E-state index contributed by atoms with van der Waals surface area (Å²) >= 11 is 6.04. The molecule has 0 aromatic carbocycles. The van der Waals surface area contributed by atoms with E-state index in [1.807, 2.05) is 0 Å². The predicted molar refractivity (Wildman–Crippen MR) is 57.0 cm³/mol. The second-order valence-electron chi connectivity index (χ2n) is 3.44. The zero-order chi connectivity index (χ0) is 11.6. The number of aromatic nitrogens is 2. The summed E-state index contributed by atoms with van der Waals surface area (Å²) in [5.74, 6) is -1.18. The van der Waals surface area contributed by atoms with Gasteiger partial charge in [-0.25, -0.2) is 0 Å². The van der Waals surface area contributed by atoms with Gasteiger partial charge in [-0.3, -0.25) is 9.48 Å². The van der Waals surface area contributed by atoms with Gasteiger partial charge in [-0.05, 0) is 6.92 Å². The number of rotatable bonds is 4. The number of carboxylic acids is 1. The summed E-state index contributed by atoms with van der Waals surface area (Å²) in [5.41, 5.74) is 6.92. The Hall–Kier alpha value is -1.07. The fourth-order valence-corrected chi connectivity index (χ4v) is 1.91. The van der Waals surface area contributed by atoms with Gasteiger partial charge in [0.1, 0.15) is 0 Å². The van der Waals surface area contributed by atoms with E-state index in [4.69, 9.17) is 22.4 Å². The molecule has 1 aromatic rings. The monoisotopic (exact) mass is 231 g/mol. The number of carboxylic acid groups (broad SMARTS) is 1. The Morgan fingerprint density at radius 3 is 2.67 bits per heavy atom. The number of halogens is 1. The molecule has 0 fully saturated rings. The van der Waals surface area contributed by atoms with Gasteiger partial charge in [-0.1, -0.05) is 11.6 Å². The van der Waals surface area contributed by atoms with Crippen LogP contribution >= 0.6 is 11.6 Å². The van der Waals surface area contributed by atoms with E-state index < -0.39 is 5.97 Å². The molecule has 0 spiro atoms. The number of nitrogens with two attached hydrogens (primary N) is 1. The van der Waals surface area contributed by atoms with Crippen LogP contribution in [-0.4, -0.2) is 27.4 Å². The van der Waals surface area contributed by atoms with Gasteiger partial charge in [0.25, 0.3) is 0 Å². The van der Waals surface area contributed by atoms with E-state index in [0.717, 1.165) is 0 Å². The number of carbonyl (C=O) groups is 1. The van der Waals surface area contributed by atoms with Crippen LogP contribution in [0.5, 0.6) is 0 Å². The lowest BCUT2D eigenvalue weighted by atomic mass is 10.0. The lowest BCUT2D eigenvalue weighted by Crippen LogP contribution is -2.19. The third kappa shape index (κ3) is 2.49. The highest BCUT2D eigenvalue weighted by Gasteiger charge is 2.22. The molecule has 0 aliphatic rings. The van der Waals surface area contributed by atoms with Crippen LogP contribution in [-0.2, 0) is 11.8 Å². The van der Waals surface area contributed by atoms with Crippen molar-refractivity contribution in [2.75, 3.05) is 6.54 Å². The number of hydrogen-bond donors (Lipinski definition) is 2. The second-order valence-corrected chi connectivity index (χ2v) is 3.82. The van der Waals surface area contributed by atoms with Crippen molar-refractivity contribution in [1.82, 2.24) is 9.78 Å². The molecule has 3 N–H and O–H groups in total. The first-order valence-electron chi connectivity index (χ1n) is 4.58. The van der Waals surface area contributed by atoms with Gasteiger partial charge >= 0.3 is 5.97 Å². The largest absolute Gasteiger partial charge is 0.481 e. The second kappa shape index (κ2) is 4.63. The molecule has 1 heterocycles. The normalized spacial score (nSPS) is 12.8. The van der Waals surface area contributed by atoms with E-state index >= 15 is 0 Å². The Bertz CT molecular complexity index is 376. The average molecular weight is 232 g/mol. The van der Waals surface area contributed by atoms with Crippen molar-refractivity contribution in [3.8, 4) is 0 Å². The smallest absolute Gasteiger partial charge is 0.304 e. The fraction of sp³-hybridized carbons (Fsp3) is 0.556. The first kappa shape index (κ1) is 12.0. The van der Waals surface area contributed by atoms with Gasteiger partial charge in [0.2, 0.25) is 0 Å². The van der Waals surface area contributed by atoms with Gasteiger partial charge in [0, 0.05) is 19.5 Å². The highest BCUT2D eigenvalue weighted by molar-refractivity contribution is 6.32. The molecule has 0 bridgehead atoms. The zero-order valence-electron chi connectivity index (χ0n) is 8.70. The molecule has 0 aliphatic heterocycles. The number of aliphatic carboxylic acids is 1. The van der Waals surface area contributed by atoms with E-state index in [-0.39, 0.29) is 18.9 Å². The minimum Gasteiger partial charge on any atom is -0.481 e. The molecule has 0 saturated carbocycles. The molecule has 1 unspecified atom stereocenters. The van der Waals surface area contributed by atoms with Gasteiger partial charge < -0.3 is 10.8 Å². The third-order valence-electron chi connectivity index (χ3n) is 2.28. The quantitative estimate of drug-likeness (QED) is 0.807. The molecule has 0 radical (unpaired) electrons. The van der Waals surface area contributed by atoms with Crippen LogP contribution < -0.4 is 5.73 Å². The summed E-state index contributed by atoms with van der Waals surface area (Å²) in [7, 11) is 1.73. The summed E-state index contributed by atoms with van der Waals surface area (Å²) in [6.07, 6.45) is -0.0325. The summed E-state index contributed by atoms with van der Waals surface area (Å²) in [5, 5.41) is 13.4. The Kier molecular flexibility index (Phi) is 3.71. The lowest BCUT2D eigenvalue weighted by molar-refractivity contribution is -0.137. The van der Waals surface area contributed by atoms with Gasteiger partial charge in [-0.15, -0.1) is 0 Å². The molecule has 15 heavy (non-hydrogen) atoms. The molecule has 84 valence electrons. The maximum absolute atomic E-state index is 10.6. The topological polar surface area (TPSA) is 81.1 Å². The van der Waals surface area contributed by atoms with E-state index in [1.165, 1.54) is 0 Å². The van der Waals surface area contributed by atoms with Gasteiger partial charge in [-0.2, -0.15) is 5.10 Å². The Morgan fingerprint density at radius 2 is 2.33 bits per heavy atom. The molecular weight excluding hydrogens is 218 g/mol. The predicted octanol–water partition coefficient (Wildman–Crippen LogP) is 0.899. The van der Waals surface area contributed by atoms with Crippen LogP contribution in [0.1, 0.15) is 23.7 Å². The minimum absolute atomic E-state index is 0.0325. The molecule has 0 amide bonds. The Labute approximate surface area is 92.8 Å². The highest BCUT2D eigenvalue weighted by Crippen LogP contribution is 2.28. The van der Waals surface area contributed by atoms with Crippen LogP contribution in [0.25, 0.3) is 0 Å². The van der Waals surface area contributed by atoms with Gasteiger partial charge in [0.05, 0.1) is 22.8 Å². The van der Waals surface area contributed by atoms with Crippen molar-refractivity contribution in [3.63, 3.8) is 0 Å². The zero-order valence-corrected chi connectivity index (χ0v) is 9.45. The van der Waals surface area contributed by atoms with Crippen LogP contribution in [0.3, 0.4) is 0 Å². The first-order valence-corrected chi connectivity index (χ1v) is 4.96. The lowest BCUT2D eigenvalue weighted by Gasteiger charge is -2.13. The molecule has 1 atom stereocenters. The molecular formula is C9H14ClN3O2. The summed E-state index contributed by atoms with van der Waals surface area (Å²) < 4.78 is 1.60. The summed E-state index contributed by atoms with van der Waals surface area (Å²) in [6, 6.07) is 0. The van der Waals surface area contributed by atoms with E-state index in [2.05, 4.69) is 5.10 Å². The third-order valence-corrected chi connectivity index (χ3v) is 2.75. The van der Waals surface area contributed by atoms with Crippen molar-refractivity contribution < 1.29 is 9.90 Å². The van der Waals surface area contributed by atoms with Gasteiger partial charge in [0.15, 0.2) is 0 Å². The van der Waals surface area contributed by atoms with Crippen molar-refractivity contribution in [1.29, 1.82) is 0 Å².